The van der Waals surface area contributed by atoms with E-state index < -0.39 is 17.6 Å². The predicted molar refractivity (Wildman–Crippen MR) is 108 cm³/mol. The summed E-state index contributed by atoms with van der Waals surface area (Å²) >= 11 is 0. The van der Waals surface area contributed by atoms with E-state index in [1.54, 1.807) is 24.3 Å². The lowest BCUT2D eigenvalue weighted by Crippen LogP contribution is -2.27. The fourth-order valence-electron chi connectivity index (χ4n) is 3.48. The van der Waals surface area contributed by atoms with Crippen molar-refractivity contribution in [1.82, 2.24) is 20.0 Å². The molecule has 0 spiro atoms. The summed E-state index contributed by atoms with van der Waals surface area (Å²) in [5.74, 6) is 5.11. The molecule has 1 saturated heterocycles. The Bertz CT molecular complexity index is 1100. The Hall–Kier alpha value is -3.79. The van der Waals surface area contributed by atoms with E-state index in [2.05, 4.69) is 20.6 Å². The van der Waals surface area contributed by atoms with Gasteiger partial charge < -0.3 is 22.2 Å². The van der Waals surface area contributed by atoms with Crippen LogP contribution in [0, 0.1) is 5.82 Å². The van der Waals surface area contributed by atoms with Gasteiger partial charge in [0.05, 0.1) is 6.04 Å². The molecule has 0 radical (unpaired) electrons. The van der Waals surface area contributed by atoms with Gasteiger partial charge in [0.25, 0.3) is 11.8 Å². The summed E-state index contributed by atoms with van der Waals surface area (Å²) in [5, 5.41) is 5.82. The summed E-state index contributed by atoms with van der Waals surface area (Å²) < 4.78 is 14.5. The van der Waals surface area contributed by atoms with Crippen LogP contribution in [0.2, 0.25) is 0 Å². The number of nitrogens with one attached hydrogen (secondary N) is 2. The van der Waals surface area contributed by atoms with Crippen molar-refractivity contribution >= 4 is 17.6 Å². The predicted octanol–water partition coefficient (Wildman–Crippen LogP) is 1.57. The van der Waals surface area contributed by atoms with E-state index >= 15 is 0 Å². The molecule has 2 aromatic heterocycles. The molecule has 3 heterocycles. The quantitative estimate of drug-likeness (QED) is 0.472. The second kappa shape index (κ2) is 7.91. The lowest BCUT2D eigenvalue weighted by molar-refractivity contribution is 0.0991. The second-order valence-corrected chi connectivity index (χ2v) is 6.94. The van der Waals surface area contributed by atoms with Gasteiger partial charge in [-0.1, -0.05) is 12.1 Å². The van der Waals surface area contributed by atoms with E-state index in [0.29, 0.717) is 22.6 Å². The molecule has 9 nitrogen and oxygen atoms in total. The number of hydrogen-bond acceptors (Lipinski definition) is 6. The zero-order valence-corrected chi connectivity index (χ0v) is 15.9. The average molecular weight is 409 g/mol. The molecule has 4 rings (SSSR count). The van der Waals surface area contributed by atoms with Crippen LogP contribution >= 0.6 is 0 Å². The SMILES string of the molecule is NC(=O)c1c(-c2ccc(C(=O)Nc3cc(F)ccn3)cc2)nc(C2CCCN2)n1N. The van der Waals surface area contributed by atoms with E-state index in [1.165, 1.54) is 16.9 Å². The number of rotatable bonds is 5. The average Bonchev–Trinajstić information content (AvgIpc) is 3.35. The molecule has 30 heavy (non-hydrogen) atoms. The minimum atomic E-state index is -0.691. The molecule has 1 aromatic carbocycles. The molecule has 0 bridgehead atoms. The van der Waals surface area contributed by atoms with Crippen molar-refractivity contribution in [2.75, 3.05) is 17.7 Å². The van der Waals surface area contributed by atoms with Gasteiger partial charge >= 0.3 is 0 Å². The number of nitrogens with zero attached hydrogens (tertiary/aromatic N) is 3. The van der Waals surface area contributed by atoms with Crippen LogP contribution in [0.3, 0.4) is 0 Å². The highest BCUT2D eigenvalue weighted by Gasteiger charge is 2.27. The number of hydrogen-bond donors (Lipinski definition) is 4. The van der Waals surface area contributed by atoms with Gasteiger partial charge in [-0.25, -0.2) is 19.0 Å². The van der Waals surface area contributed by atoms with Gasteiger partial charge in [0, 0.05) is 23.4 Å². The van der Waals surface area contributed by atoms with Crippen molar-refractivity contribution in [2.45, 2.75) is 18.9 Å². The number of nitrogen functional groups attached to an aromatic ring is 1. The fourth-order valence-corrected chi connectivity index (χ4v) is 3.48. The van der Waals surface area contributed by atoms with Gasteiger partial charge in [0.1, 0.15) is 23.2 Å². The number of imidazole rings is 1. The first-order chi connectivity index (χ1) is 14.4. The number of carbonyl (C=O) groups excluding carboxylic acids is 2. The van der Waals surface area contributed by atoms with E-state index in [9.17, 15) is 14.0 Å². The normalized spacial score (nSPS) is 15.8. The molecule has 0 aliphatic carbocycles. The maximum absolute atomic E-state index is 13.3. The molecule has 1 aliphatic heterocycles. The Morgan fingerprint density at radius 2 is 2.00 bits per heavy atom. The molecule has 1 aliphatic rings. The van der Waals surface area contributed by atoms with Crippen LogP contribution in [-0.2, 0) is 0 Å². The minimum Gasteiger partial charge on any atom is -0.364 e. The molecule has 3 aromatic rings. The number of pyridine rings is 1. The van der Waals surface area contributed by atoms with Crippen LogP contribution in [0.4, 0.5) is 10.2 Å². The van der Waals surface area contributed by atoms with Crippen molar-refractivity contribution in [3.8, 4) is 11.3 Å². The standard InChI is InChI=1S/C20H20FN7O2/c21-13-7-9-25-15(10-13)26-20(30)12-5-3-11(4-6-12)16-17(18(22)29)28(23)19(27-16)14-2-1-8-24-14/h3-7,9-10,14,24H,1-2,8,23H2,(H2,22,29)(H,25,26,30). The van der Waals surface area contributed by atoms with Crippen molar-refractivity contribution < 1.29 is 14.0 Å². The monoisotopic (exact) mass is 409 g/mol. The third kappa shape index (κ3) is 3.72. The number of anilines is 1. The Morgan fingerprint density at radius 3 is 2.63 bits per heavy atom. The van der Waals surface area contributed by atoms with Crippen LogP contribution in [0.1, 0.15) is 45.6 Å². The zero-order valence-electron chi connectivity index (χ0n) is 15.9. The van der Waals surface area contributed by atoms with E-state index in [-0.39, 0.29) is 17.6 Å². The van der Waals surface area contributed by atoms with Crippen molar-refractivity contribution in [3.63, 3.8) is 0 Å². The molecule has 1 unspecified atom stereocenters. The van der Waals surface area contributed by atoms with E-state index in [0.717, 1.165) is 25.5 Å². The van der Waals surface area contributed by atoms with Crippen LogP contribution in [-0.4, -0.2) is 33.0 Å². The first-order valence-electron chi connectivity index (χ1n) is 9.38. The third-order valence-corrected chi connectivity index (χ3v) is 4.93. The fraction of sp³-hybridized carbons (Fsp3) is 0.200. The number of benzene rings is 1. The van der Waals surface area contributed by atoms with Gasteiger partial charge in [-0.3, -0.25) is 9.59 Å². The van der Waals surface area contributed by atoms with Gasteiger partial charge in [-0.15, -0.1) is 0 Å². The van der Waals surface area contributed by atoms with E-state index in [1.807, 2.05) is 0 Å². The highest BCUT2D eigenvalue weighted by molar-refractivity contribution is 6.04. The van der Waals surface area contributed by atoms with Gasteiger partial charge in [-0.05, 0) is 37.6 Å². The van der Waals surface area contributed by atoms with Crippen molar-refractivity contribution in [2.24, 2.45) is 5.73 Å². The number of primary amides is 1. The zero-order chi connectivity index (χ0) is 21.3. The second-order valence-electron chi connectivity index (χ2n) is 6.94. The largest absolute Gasteiger partial charge is 0.364 e. The Labute approximate surface area is 171 Å². The van der Waals surface area contributed by atoms with Gasteiger partial charge in [-0.2, -0.15) is 0 Å². The summed E-state index contributed by atoms with van der Waals surface area (Å²) in [4.78, 5) is 32.8. The molecular weight excluding hydrogens is 389 g/mol. The van der Waals surface area contributed by atoms with Gasteiger partial charge in [0.2, 0.25) is 0 Å². The Morgan fingerprint density at radius 1 is 1.23 bits per heavy atom. The lowest BCUT2D eigenvalue weighted by Gasteiger charge is -2.09. The Balaban J connectivity index is 1.61. The summed E-state index contributed by atoms with van der Waals surface area (Å²) in [5.41, 5.74) is 6.91. The first-order valence-corrected chi connectivity index (χ1v) is 9.38. The molecule has 1 atom stereocenters. The summed E-state index contributed by atoms with van der Waals surface area (Å²) in [6.45, 7) is 0.850. The maximum atomic E-state index is 13.3. The third-order valence-electron chi connectivity index (χ3n) is 4.93. The van der Waals surface area contributed by atoms with Crippen molar-refractivity contribution in [1.29, 1.82) is 0 Å². The first kappa shape index (κ1) is 19.5. The van der Waals surface area contributed by atoms with Crippen molar-refractivity contribution in [3.05, 3.63) is 65.5 Å². The summed E-state index contributed by atoms with van der Waals surface area (Å²) in [6.07, 6.45) is 3.11. The van der Waals surface area contributed by atoms with Crippen LogP contribution in [0.5, 0.6) is 0 Å². The maximum Gasteiger partial charge on any atom is 0.269 e. The number of carbonyl (C=O) groups is 2. The summed E-state index contributed by atoms with van der Waals surface area (Å²) in [7, 11) is 0. The van der Waals surface area contributed by atoms with Gasteiger partial charge in [0.15, 0.2) is 5.69 Å². The lowest BCUT2D eigenvalue weighted by atomic mass is 10.1. The van der Waals surface area contributed by atoms with Crippen LogP contribution in [0.15, 0.2) is 42.6 Å². The van der Waals surface area contributed by atoms with Crippen LogP contribution < -0.4 is 22.2 Å². The van der Waals surface area contributed by atoms with E-state index in [4.69, 9.17) is 11.6 Å². The highest BCUT2D eigenvalue weighted by atomic mass is 19.1. The number of halogens is 1. The minimum absolute atomic E-state index is 0.0503. The Kier molecular flexibility index (Phi) is 5.15. The molecule has 154 valence electrons. The molecule has 2 amide bonds. The topological polar surface area (TPSA) is 141 Å². The number of aromatic nitrogens is 3. The molecule has 10 heteroatoms. The molecule has 1 fully saturated rings. The molecule has 0 saturated carbocycles. The molecule has 6 N–H and O–H groups in total. The number of amides is 2. The molecular formula is C20H20FN7O2. The summed E-state index contributed by atoms with van der Waals surface area (Å²) in [6, 6.07) is 8.69. The number of nitrogens with two attached hydrogens (primary N) is 2. The highest BCUT2D eigenvalue weighted by Crippen LogP contribution is 2.29. The smallest absolute Gasteiger partial charge is 0.269 e. The van der Waals surface area contributed by atoms with Crippen LogP contribution in [0.25, 0.3) is 11.3 Å².